The Balaban J connectivity index is 1.55. The molecule has 1 aliphatic rings. The quantitative estimate of drug-likeness (QED) is 0.542. The van der Waals surface area contributed by atoms with E-state index in [0.717, 1.165) is 30.8 Å². The molecule has 2 aromatic carbocycles. The van der Waals surface area contributed by atoms with Crippen LogP contribution in [0.5, 0.6) is 11.5 Å². The van der Waals surface area contributed by atoms with Crippen molar-refractivity contribution in [1.82, 2.24) is 10.1 Å². The van der Waals surface area contributed by atoms with Crippen molar-refractivity contribution in [3.8, 4) is 22.8 Å². The summed E-state index contributed by atoms with van der Waals surface area (Å²) in [7, 11) is 3.21. The molecule has 162 valence electrons. The van der Waals surface area contributed by atoms with Gasteiger partial charge in [-0.25, -0.2) is 0 Å². The third-order valence-corrected chi connectivity index (χ3v) is 5.32. The topological polar surface area (TPSA) is 74.0 Å². The molecule has 31 heavy (non-hydrogen) atoms. The summed E-state index contributed by atoms with van der Waals surface area (Å²) >= 11 is 0. The van der Waals surface area contributed by atoms with E-state index in [9.17, 15) is 4.79 Å². The molecule has 1 aromatic heterocycles. The lowest BCUT2D eigenvalue weighted by molar-refractivity contribution is 0.0502. The smallest absolute Gasteiger partial charge is 0.254 e. The van der Waals surface area contributed by atoms with Crippen LogP contribution in [0, 0.1) is 0 Å². The predicted molar refractivity (Wildman–Crippen MR) is 115 cm³/mol. The van der Waals surface area contributed by atoms with Crippen molar-refractivity contribution in [3.05, 3.63) is 65.9 Å². The molecule has 0 saturated carbocycles. The summed E-state index contributed by atoms with van der Waals surface area (Å²) < 4.78 is 21.9. The lowest BCUT2D eigenvalue weighted by Crippen LogP contribution is -2.37. The molecule has 0 N–H and O–H groups in total. The van der Waals surface area contributed by atoms with Gasteiger partial charge in [-0.15, -0.1) is 0 Å². The van der Waals surface area contributed by atoms with Crippen molar-refractivity contribution in [2.24, 2.45) is 0 Å². The number of hydrogen-bond donors (Lipinski definition) is 0. The summed E-state index contributed by atoms with van der Waals surface area (Å²) in [4.78, 5) is 15.1. The van der Waals surface area contributed by atoms with Crippen molar-refractivity contribution in [2.75, 3.05) is 27.4 Å². The van der Waals surface area contributed by atoms with Crippen molar-refractivity contribution in [2.45, 2.75) is 25.5 Å². The Kier molecular flexibility index (Phi) is 6.52. The van der Waals surface area contributed by atoms with Gasteiger partial charge < -0.3 is 23.6 Å². The highest BCUT2D eigenvalue weighted by atomic mass is 16.5. The molecule has 2 heterocycles. The maximum atomic E-state index is 13.3. The van der Waals surface area contributed by atoms with E-state index < -0.39 is 0 Å². The number of amides is 1. The van der Waals surface area contributed by atoms with Gasteiger partial charge in [0.15, 0.2) is 5.76 Å². The number of rotatable bonds is 8. The number of carbonyl (C=O) groups is 1. The summed E-state index contributed by atoms with van der Waals surface area (Å²) in [6.45, 7) is 1.55. The maximum absolute atomic E-state index is 13.3. The molecule has 1 aliphatic heterocycles. The van der Waals surface area contributed by atoms with E-state index in [-0.39, 0.29) is 12.0 Å². The first-order chi connectivity index (χ1) is 15.2. The Labute approximate surface area is 181 Å². The maximum Gasteiger partial charge on any atom is 0.254 e. The van der Waals surface area contributed by atoms with Gasteiger partial charge in [-0.05, 0) is 43.2 Å². The Morgan fingerprint density at radius 1 is 1.10 bits per heavy atom. The SMILES string of the molecule is COc1cccc(C(=O)N(Cc2cc(-c3cccc(OC)c3)on2)C[C@@H]2CCCO2)c1. The van der Waals surface area contributed by atoms with E-state index in [1.54, 1.807) is 31.3 Å². The van der Waals surface area contributed by atoms with Crippen LogP contribution < -0.4 is 9.47 Å². The molecule has 0 spiro atoms. The lowest BCUT2D eigenvalue weighted by Gasteiger charge is -2.24. The van der Waals surface area contributed by atoms with Gasteiger partial charge in [-0.3, -0.25) is 4.79 Å². The van der Waals surface area contributed by atoms with Gasteiger partial charge in [-0.1, -0.05) is 23.4 Å². The van der Waals surface area contributed by atoms with Crippen LogP contribution in [0.2, 0.25) is 0 Å². The summed E-state index contributed by atoms with van der Waals surface area (Å²) in [5.41, 5.74) is 2.10. The number of ether oxygens (including phenoxy) is 3. The van der Waals surface area contributed by atoms with Gasteiger partial charge in [-0.2, -0.15) is 0 Å². The number of aromatic nitrogens is 1. The molecule has 1 amide bonds. The van der Waals surface area contributed by atoms with E-state index in [0.29, 0.717) is 35.9 Å². The van der Waals surface area contributed by atoms with Crippen LogP contribution in [0.1, 0.15) is 28.9 Å². The standard InChI is InChI=1S/C24H26N2O5/c1-28-20-8-3-6-17(12-20)23-14-19(25-31-23)15-26(16-22-10-5-11-30-22)24(27)18-7-4-9-21(13-18)29-2/h3-4,6-9,12-14,22H,5,10-11,15-16H2,1-2H3/t22-/m0/s1. The largest absolute Gasteiger partial charge is 0.497 e. The summed E-state index contributed by atoms with van der Waals surface area (Å²) in [6, 6.07) is 16.6. The highest BCUT2D eigenvalue weighted by Gasteiger charge is 2.25. The predicted octanol–water partition coefficient (Wildman–Crippen LogP) is 4.18. The van der Waals surface area contributed by atoms with Gasteiger partial charge in [0.25, 0.3) is 5.91 Å². The summed E-state index contributed by atoms with van der Waals surface area (Å²) in [6.07, 6.45) is 1.98. The highest BCUT2D eigenvalue weighted by Crippen LogP contribution is 2.26. The van der Waals surface area contributed by atoms with Gasteiger partial charge in [0, 0.05) is 30.3 Å². The zero-order valence-corrected chi connectivity index (χ0v) is 17.7. The molecule has 1 atom stereocenters. The lowest BCUT2D eigenvalue weighted by atomic mass is 10.1. The fourth-order valence-corrected chi connectivity index (χ4v) is 3.69. The second-order valence-corrected chi connectivity index (χ2v) is 7.47. The first-order valence-corrected chi connectivity index (χ1v) is 10.3. The molecule has 0 radical (unpaired) electrons. The summed E-state index contributed by atoms with van der Waals surface area (Å²) in [5, 5.41) is 4.20. The zero-order valence-electron chi connectivity index (χ0n) is 17.7. The van der Waals surface area contributed by atoms with E-state index in [1.807, 2.05) is 42.5 Å². The van der Waals surface area contributed by atoms with Gasteiger partial charge in [0.1, 0.15) is 17.2 Å². The third-order valence-electron chi connectivity index (χ3n) is 5.32. The van der Waals surface area contributed by atoms with Crippen LogP contribution >= 0.6 is 0 Å². The molecule has 0 bridgehead atoms. The van der Waals surface area contributed by atoms with E-state index in [4.69, 9.17) is 18.7 Å². The average Bonchev–Trinajstić information content (AvgIpc) is 3.50. The fourth-order valence-electron chi connectivity index (χ4n) is 3.69. The van der Waals surface area contributed by atoms with Crippen LogP contribution in [0.4, 0.5) is 0 Å². The molecule has 1 fully saturated rings. The first-order valence-electron chi connectivity index (χ1n) is 10.3. The minimum Gasteiger partial charge on any atom is -0.497 e. The molecular formula is C24H26N2O5. The normalized spacial score (nSPS) is 15.6. The van der Waals surface area contributed by atoms with Crippen LogP contribution in [0.25, 0.3) is 11.3 Å². The van der Waals surface area contributed by atoms with E-state index in [1.165, 1.54) is 0 Å². The monoisotopic (exact) mass is 422 g/mol. The number of benzene rings is 2. The third kappa shape index (κ3) is 5.06. The average molecular weight is 422 g/mol. The van der Waals surface area contributed by atoms with Gasteiger partial charge in [0.2, 0.25) is 0 Å². The molecule has 0 aliphatic carbocycles. The van der Waals surface area contributed by atoms with E-state index in [2.05, 4.69) is 5.16 Å². The Morgan fingerprint density at radius 2 is 1.87 bits per heavy atom. The van der Waals surface area contributed by atoms with Crippen molar-refractivity contribution < 1.29 is 23.5 Å². The van der Waals surface area contributed by atoms with Crippen LogP contribution in [0.15, 0.2) is 59.1 Å². The highest BCUT2D eigenvalue weighted by molar-refractivity contribution is 5.94. The molecule has 0 unspecified atom stereocenters. The number of nitrogens with zero attached hydrogens (tertiary/aromatic N) is 2. The number of carbonyl (C=O) groups excluding carboxylic acids is 1. The molecule has 4 rings (SSSR count). The minimum absolute atomic E-state index is 0.0271. The Bertz CT molecular complexity index is 1030. The molecular weight excluding hydrogens is 396 g/mol. The van der Waals surface area contributed by atoms with Crippen LogP contribution in [0.3, 0.4) is 0 Å². The summed E-state index contributed by atoms with van der Waals surface area (Å²) in [5.74, 6) is 1.91. The first kappa shape index (κ1) is 20.9. The second kappa shape index (κ2) is 9.66. The van der Waals surface area contributed by atoms with Gasteiger partial charge in [0.05, 0.1) is 26.9 Å². The fraction of sp³-hybridized carbons (Fsp3) is 0.333. The Morgan fingerprint density at radius 3 is 2.61 bits per heavy atom. The molecule has 1 saturated heterocycles. The second-order valence-electron chi connectivity index (χ2n) is 7.47. The molecule has 7 nitrogen and oxygen atoms in total. The van der Waals surface area contributed by atoms with Crippen molar-refractivity contribution in [3.63, 3.8) is 0 Å². The van der Waals surface area contributed by atoms with Crippen LogP contribution in [-0.4, -0.2) is 49.4 Å². The van der Waals surface area contributed by atoms with Crippen molar-refractivity contribution >= 4 is 5.91 Å². The van der Waals surface area contributed by atoms with E-state index >= 15 is 0 Å². The van der Waals surface area contributed by atoms with Crippen molar-refractivity contribution in [1.29, 1.82) is 0 Å². The minimum atomic E-state index is -0.0969. The molecule has 3 aromatic rings. The van der Waals surface area contributed by atoms with Crippen LogP contribution in [-0.2, 0) is 11.3 Å². The molecule has 7 heteroatoms. The zero-order chi connectivity index (χ0) is 21.6. The number of hydrogen-bond acceptors (Lipinski definition) is 6. The number of methoxy groups -OCH3 is 2. The Hall–Kier alpha value is -3.32. The van der Waals surface area contributed by atoms with Gasteiger partial charge >= 0.3 is 0 Å².